The minimum atomic E-state index is -0.981. The van der Waals surface area contributed by atoms with E-state index in [0.29, 0.717) is 30.7 Å². The van der Waals surface area contributed by atoms with E-state index < -0.39 is 13.0 Å². The lowest BCUT2D eigenvalue weighted by Crippen LogP contribution is -2.46. The molecule has 206 valence electrons. The van der Waals surface area contributed by atoms with Crippen LogP contribution >= 0.6 is 22.9 Å². The van der Waals surface area contributed by atoms with Gasteiger partial charge < -0.3 is 14.8 Å². The number of likely N-dealkylation sites (tertiary alicyclic amines) is 1. The van der Waals surface area contributed by atoms with Gasteiger partial charge in [-0.15, -0.1) is 11.3 Å². The number of benzene rings is 1. The first-order chi connectivity index (χ1) is 18.7. The summed E-state index contributed by atoms with van der Waals surface area (Å²) in [5, 5.41) is 22.9. The van der Waals surface area contributed by atoms with E-state index in [1.807, 2.05) is 17.5 Å². The fourth-order valence-corrected chi connectivity index (χ4v) is 7.47. The summed E-state index contributed by atoms with van der Waals surface area (Å²) in [5.41, 5.74) is 4.34. The molecule has 0 bridgehead atoms. The monoisotopic (exact) mass is 567 g/mol. The predicted molar refractivity (Wildman–Crippen MR) is 155 cm³/mol. The summed E-state index contributed by atoms with van der Waals surface area (Å²) in [6.45, 7) is 6.68. The smallest absolute Gasteiger partial charge is 0.455 e. The van der Waals surface area contributed by atoms with Gasteiger partial charge in [-0.05, 0) is 84.6 Å². The lowest BCUT2D eigenvalue weighted by atomic mass is 9.57. The van der Waals surface area contributed by atoms with E-state index in [4.69, 9.17) is 16.3 Å². The van der Waals surface area contributed by atoms with Crippen LogP contribution in [0.25, 0.3) is 6.08 Å². The molecule has 0 unspecified atom stereocenters. The van der Waals surface area contributed by atoms with Gasteiger partial charge in [-0.2, -0.15) is 0 Å². The lowest BCUT2D eigenvalue weighted by Gasteiger charge is -2.44. The predicted octanol–water partition coefficient (Wildman–Crippen LogP) is 6.33. The molecule has 9 heteroatoms. The minimum absolute atomic E-state index is 0.0879. The zero-order chi connectivity index (χ0) is 27.8. The number of rotatable bonds is 8. The summed E-state index contributed by atoms with van der Waals surface area (Å²) in [5.74, 6) is -0.909. The van der Waals surface area contributed by atoms with Gasteiger partial charge >= 0.3 is 7.12 Å². The molecule has 2 amide bonds. The molecule has 0 saturated carbocycles. The first kappa shape index (κ1) is 28.2. The van der Waals surface area contributed by atoms with E-state index >= 15 is 0 Å². The molecular weight excluding hydrogens is 533 g/mol. The molecule has 2 aromatic rings. The van der Waals surface area contributed by atoms with Crippen LogP contribution in [-0.2, 0) is 20.8 Å². The van der Waals surface area contributed by atoms with Crippen molar-refractivity contribution >= 4 is 47.9 Å². The topological polar surface area (TPSA) is 87.1 Å². The van der Waals surface area contributed by atoms with E-state index in [1.165, 1.54) is 22.1 Å². The molecule has 5 rings (SSSR count). The number of carbonyl (C=O) groups is 2. The van der Waals surface area contributed by atoms with Crippen molar-refractivity contribution in [1.29, 1.82) is 0 Å². The van der Waals surface area contributed by atoms with Crippen molar-refractivity contribution < 1.29 is 24.4 Å². The Morgan fingerprint density at radius 3 is 2.72 bits per heavy atom. The molecule has 4 atom stereocenters. The van der Waals surface area contributed by atoms with Gasteiger partial charge in [0.15, 0.2) is 0 Å². The van der Waals surface area contributed by atoms with E-state index in [1.54, 1.807) is 23.5 Å². The SMILES string of the molecule is CC/C(=C\c1ccc(O)cc1Cl)CC[C@H]1OB(O)C[C@H]2C1=C(C(C)C)C[C@H]1C(=O)N(Cc3cccs3)C(=O)[C@H]12. The van der Waals surface area contributed by atoms with E-state index in [-0.39, 0.29) is 41.4 Å². The molecule has 0 spiro atoms. The molecule has 2 aliphatic heterocycles. The van der Waals surface area contributed by atoms with Gasteiger partial charge in [0.05, 0.1) is 29.5 Å². The third-order valence-electron chi connectivity index (χ3n) is 8.45. The summed E-state index contributed by atoms with van der Waals surface area (Å²) in [6.07, 6.45) is 4.84. The molecule has 1 aromatic carbocycles. The number of hydrogen-bond donors (Lipinski definition) is 2. The number of thiophene rings is 1. The highest BCUT2D eigenvalue weighted by atomic mass is 35.5. The third-order valence-corrected chi connectivity index (χ3v) is 9.64. The quantitative estimate of drug-likeness (QED) is 0.221. The first-order valence-electron chi connectivity index (χ1n) is 13.8. The zero-order valence-electron chi connectivity index (χ0n) is 22.6. The Labute approximate surface area is 239 Å². The number of imide groups is 1. The Morgan fingerprint density at radius 2 is 2.05 bits per heavy atom. The second-order valence-corrected chi connectivity index (χ2v) is 12.6. The maximum absolute atomic E-state index is 13.7. The molecule has 39 heavy (non-hydrogen) atoms. The van der Waals surface area contributed by atoms with E-state index in [2.05, 4.69) is 26.8 Å². The molecule has 6 nitrogen and oxygen atoms in total. The van der Waals surface area contributed by atoms with Crippen LogP contribution in [0.5, 0.6) is 5.75 Å². The fourth-order valence-electron chi connectivity index (χ4n) is 6.55. The van der Waals surface area contributed by atoms with Crippen molar-refractivity contribution in [3.05, 3.63) is 67.9 Å². The molecule has 2 fully saturated rings. The third kappa shape index (κ3) is 5.62. The van der Waals surface area contributed by atoms with Crippen molar-refractivity contribution in [2.45, 2.75) is 65.4 Å². The van der Waals surface area contributed by atoms with Crippen molar-refractivity contribution in [3.63, 3.8) is 0 Å². The van der Waals surface area contributed by atoms with Crippen LogP contribution in [0.15, 0.2) is 52.4 Å². The highest BCUT2D eigenvalue weighted by Crippen LogP contribution is 2.52. The summed E-state index contributed by atoms with van der Waals surface area (Å²) in [4.78, 5) is 29.7. The number of nitrogens with zero attached hydrogens (tertiary/aromatic N) is 1. The van der Waals surface area contributed by atoms with E-state index in [0.717, 1.165) is 28.9 Å². The maximum Gasteiger partial charge on any atom is 0.455 e. The van der Waals surface area contributed by atoms with Crippen LogP contribution in [0.4, 0.5) is 0 Å². The van der Waals surface area contributed by atoms with Crippen molar-refractivity contribution in [2.24, 2.45) is 23.7 Å². The molecule has 1 aromatic heterocycles. The summed E-state index contributed by atoms with van der Waals surface area (Å²) in [6, 6.07) is 8.84. The van der Waals surface area contributed by atoms with Crippen LogP contribution in [-0.4, -0.2) is 40.1 Å². The normalized spacial score (nSPS) is 25.5. The maximum atomic E-state index is 13.7. The number of hydrogen-bond acceptors (Lipinski definition) is 6. The van der Waals surface area contributed by atoms with Crippen LogP contribution < -0.4 is 0 Å². The van der Waals surface area contributed by atoms with Gasteiger partial charge in [0.1, 0.15) is 5.75 Å². The zero-order valence-corrected chi connectivity index (χ0v) is 24.2. The van der Waals surface area contributed by atoms with Crippen LogP contribution in [0, 0.1) is 23.7 Å². The molecule has 2 N–H and O–H groups in total. The Kier molecular flexibility index (Phi) is 8.38. The van der Waals surface area contributed by atoms with Crippen LogP contribution in [0.2, 0.25) is 11.3 Å². The molecule has 0 radical (unpaired) electrons. The first-order valence-corrected chi connectivity index (χ1v) is 15.1. The number of allylic oxidation sites excluding steroid dienone is 2. The van der Waals surface area contributed by atoms with Gasteiger partial charge in [0.2, 0.25) is 11.8 Å². The molecule has 3 heterocycles. The van der Waals surface area contributed by atoms with Crippen molar-refractivity contribution in [3.8, 4) is 5.75 Å². The minimum Gasteiger partial charge on any atom is -0.508 e. The van der Waals surface area contributed by atoms with Gasteiger partial charge in [0, 0.05) is 4.88 Å². The number of phenols is 1. The Hall–Kier alpha value is -2.39. The largest absolute Gasteiger partial charge is 0.508 e. The van der Waals surface area contributed by atoms with Crippen molar-refractivity contribution in [1.82, 2.24) is 4.90 Å². The highest BCUT2D eigenvalue weighted by Gasteiger charge is 2.57. The average Bonchev–Trinajstić information content (AvgIpc) is 3.49. The number of halogens is 1. The number of aromatic hydroxyl groups is 1. The molecule has 2 saturated heterocycles. The molecule has 1 aliphatic carbocycles. The number of fused-ring (bicyclic) bond motifs is 3. The molecular formula is C30H35BClNO5S. The van der Waals surface area contributed by atoms with E-state index in [9.17, 15) is 19.7 Å². The standard InChI is InChI=1S/C30H35BClNO5S/c1-4-18(12-19-8-9-20(34)13-25(19)32)7-10-26-27-22(17(2)3)14-23-28(24(27)15-31(37)38-26)30(36)33(29(23)35)16-21-6-5-11-39-21/h5-6,8-9,11-13,17,23-24,26,28,34,37H,4,7,10,14-16H2,1-3H3/b18-12+/t23-,24+,26-,28-/m1/s1. The second kappa shape index (κ2) is 11.6. The summed E-state index contributed by atoms with van der Waals surface area (Å²) >= 11 is 7.89. The van der Waals surface area contributed by atoms with Gasteiger partial charge in [0.25, 0.3) is 0 Å². The lowest BCUT2D eigenvalue weighted by molar-refractivity contribution is -0.140. The molecule has 3 aliphatic rings. The Bertz CT molecular complexity index is 1310. The van der Waals surface area contributed by atoms with Gasteiger partial charge in [-0.1, -0.05) is 55.7 Å². The second-order valence-electron chi connectivity index (χ2n) is 11.1. The average molecular weight is 568 g/mol. The Balaban J connectivity index is 1.42. The fraction of sp³-hybridized carbons (Fsp3) is 0.467. The number of phenolic OH excluding ortho intramolecular Hbond substituents is 1. The van der Waals surface area contributed by atoms with Crippen LogP contribution in [0.3, 0.4) is 0 Å². The van der Waals surface area contributed by atoms with Gasteiger partial charge in [-0.25, -0.2) is 0 Å². The van der Waals surface area contributed by atoms with Crippen LogP contribution in [0.1, 0.15) is 56.9 Å². The number of amides is 2. The number of carbonyl (C=O) groups excluding carboxylic acids is 2. The van der Waals surface area contributed by atoms with Gasteiger partial charge in [-0.3, -0.25) is 14.5 Å². The summed E-state index contributed by atoms with van der Waals surface area (Å²) < 4.78 is 6.15. The van der Waals surface area contributed by atoms with Crippen molar-refractivity contribution in [2.75, 3.05) is 0 Å². The summed E-state index contributed by atoms with van der Waals surface area (Å²) in [7, 11) is -0.981. The Morgan fingerprint density at radius 1 is 1.26 bits per heavy atom. The highest BCUT2D eigenvalue weighted by molar-refractivity contribution is 7.09.